The molecule has 27 heavy (non-hydrogen) atoms. The molecule has 0 amide bonds. The first-order valence-corrected chi connectivity index (χ1v) is 11.0. The van der Waals surface area contributed by atoms with E-state index in [1.165, 1.54) is 56.2 Å². The Kier molecular flexibility index (Phi) is 6.79. The summed E-state index contributed by atoms with van der Waals surface area (Å²) in [5, 5.41) is 7.38. The van der Waals surface area contributed by atoms with Gasteiger partial charge in [0, 0.05) is 38.3 Å². The predicted molar refractivity (Wildman–Crippen MR) is 109 cm³/mol. The van der Waals surface area contributed by atoms with Crippen molar-refractivity contribution in [3.8, 4) is 0 Å². The standard InChI is InChI=1S/C22H36N4O/c1-17-14-21(27-25-17)19-10-8-18(9-11-19)15-24-22-16-26(13-12-23-22)20-6-4-2-3-5-7-20/h8-11,17,20-25H,2-7,12-16H2,1H3. The van der Waals surface area contributed by atoms with Crippen LogP contribution in [0.1, 0.15) is 69.1 Å². The first-order valence-electron chi connectivity index (χ1n) is 11.0. The van der Waals surface area contributed by atoms with Crippen LogP contribution in [-0.4, -0.2) is 42.8 Å². The molecule has 150 valence electrons. The minimum Gasteiger partial charge on any atom is -0.300 e. The SMILES string of the molecule is CC1CC(c2ccc(CNC3CN(C4CCCCCC4)CCN3)cc2)ON1. The van der Waals surface area contributed by atoms with Crippen molar-refractivity contribution in [3.63, 3.8) is 0 Å². The average Bonchev–Trinajstić information content (AvgIpc) is 2.97. The Labute approximate surface area is 164 Å². The zero-order valence-corrected chi connectivity index (χ0v) is 16.8. The molecule has 2 aliphatic heterocycles. The minimum absolute atomic E-state index is 0.190. The largest absolute Gasteiger partial charge is 0.300 e. The van der Waals surface area contributed by atoms with E-state index in [1.807, 2.05) is 0 Å². The molecule has 5 heteroatoms. The van der Waals surface area contributed by atoms with E-state index in [0.717, 1.165) is 32.1 Å². The lowest BCUT2D eigenvalue weighted by Crippen LogP contribution is -2.58. The number of benzene rings is 1. The monoisotopic (exact) mass is 372 g/mol. The Hall–Kier alpha value is -0.980. The van der Waals surface area contributed by atoms with Crippen LogP contribution < -0.4 is 16.1 Å². The third-order valence-corrected chi connectivity index (χ3v) is 6.43. The number of nitrogens with one attached hydrogen (secondary N) is 3. The van der Waals surface area contributed by atoms with Crippen molar-refractivity contribution in [2.24, 2.45) is 0 Å². The molecule has 4 rings (SSSR count). The third kappa shape index (κ3) is 5.30. The van der Waals surface area contributed by atoms with Crippen molar-refractivity contribution in [2.45, 2.75) is 82.8 Å². The predicted octanol–water partition coefficient (Wildman–Crippen LogP) is 3.08. The smallest absolute Gasteiger partial charge is 0.106 e. The molecule has 0 spiro atoms. The van der Waals surface area contributed by atoms with E-state index in [-0.39, 0.29) is 6.10 Å². The van der Waals surface area contributed by atoms with Crippen LogP contribution >= 0.6 is 0 Å². The lowest BCUT2D eigenvalue weighted by molar-refractivity contribution is 0.0270. The molecular weight excluding hydrogens is 336 g/mol. The first kappa shape index (κ1) is 19.3. The van der Waals surface area contributed by atoms with Crippen LogP contribution in [0.5, 0.6) is 0 Å². The summed E-state index contributed by atoms with van der Waals surface area (Å²) in [6.45, 7) is 6.50. The first-order chi connectivity index (χ1) is 13.3. The molecule has 3 unspecified atom stereocenters. The van der Waals surface area contributed by atoms with Gasteiger partial charge in [-0.25, -0.2) is 0 Å². The van der Waals surface area contributed by atoms with E-state index in [0.29, 0.717) is 12.2 Å². The van der Waals surface area contributed by atoms with Crippen LogP contribution in [0.15, 0.2) is 24.3 Å². The molecule has 2 heterocycles. The quantitative estimate of drug-likeness (QED) is 0.694. The van der Waals surface area contributed by atoms with Gasteiger partial charge in [0.15, 0.2) is 0 Å². The van der Waals surface area contributed by atoms with Crippen molar-refractivity contribution < 1.29 is 4.84 Å². The molecule has 3 atom stereocenters. The Morgan fingerprint density at radius 2 is 1.89 bits per heavy atom. The van der Waals surface area contributed by atoms with Crippen LogP contribution in [0, 0.1) is 0 Å². The third-order valence-electron chi connectivity index (χ3n) is 6.43. The molecule has 3 N–H and O–H groups in total. The molecule has 3 fully saturated rings. The Bertz CT molecular complexity index is 570. The average molecular weight is 373 g/mol. The second-order valence-corrected chi connectivity index (χ2v) is 8.63. The van der Waals surface area contributed by atoms with Crippen LogP contribution in [0.4, 0.5) is 0 Å². The zero-order valence-electron chi connectivity index (χ0n) is 16.8. The van der Waals surface area contributed by atoms with E-state index in [9.17, 15) is 0 Å². The van der Waals surface area contributed by atoms with Gasteiger partial charge in [0.1, 0.15) is 6.10 Å². The molecule has 1 saturated carbocycles. The fourth-order valence-corrected chi connectivity index (χ4v) is 4.78. The van der Waals surface area contributed by atoms with Gasteiger partial charge in [-0.1, -0.05) is 49.9 Å². The topological polar surface area (TPSA) is 48.6 Å². The van der Waals surface area contributed by atoms with Gasteiger partial charge >= 0.3 is 0 Å². The van der Waals surface area contributed by atoms with Gasteiger partial charge < -0.3 is 0 Å². The lowest BCUT2D eigenvalue weighted by atomic mass is 10.0. The molecule has 0 bridgehead atoms. The van der Waals surface area contributed by atoms with E-state index < -0.39 is 0 Å². The number of piperazine rings is 1. The van der Waals surface area contributed by atoms with E-state index in [2.05, 4.69) is 52.2 Å². The molecule has 0 radical (unpaired) electrons. The molecule has 0 aromatic heterocycles. The lowest BCUT2D eigenvalue weighted by Gasteiger charge is -2.39. The molecule has 1 aromatic rings. The maximum absolute atomic E-state index is 5.64. The second-order valence-electron chi connectivity index (χ2n) is 8.63. The Morgan fingerprint density at radius 1 is 1.11 bits per heavy atom. The fraction of sp³-hybridized carbons (Fsp3) is 0.727. The van der Waals surface area contributed by atoms with Gasteiger partial charge in [-0.3, -0.25) is 20.4 Å². The van der Waals surface area contributed by atoms with Gasteiger partial charge in [-0.2, -0.15) is 5.48 Å². The van der Waals surface area contributed by atoms with Gasteiger partial charge in [-0.05, 0) is 37.3 Å². The van der Waals surface area contributed by atoms with E-state index >= 15 is 0 Å². The van der Waals surface area contributed by atoms with Crippen LogP contribution in [0.2, 0.25) is 0 Å². The van der Waals surface area contributed by atoms with Crippen molar-refractivity contribution in [1.29, 1.82) is 0 Å². The van der Waals surface area contributed by atoms with Gasteiger partial charge in [0.2, 0.25) is 0 Å². The van der Waals surface area contributed by atoms with Gasteiger partial charge in [0.05, 0.1) is 6.17 Å². The van der Waals surface area contributed by atoms with E-state index in [1.54, 1.807) is 0 Å². The molecule has 1 aromatic carbocycles. The highest BCUT2D eigenvalue weighted by molar-refractivity contribution is 5.24. The van der Waals surface area contributed by atoms with Crippen molar-refractivity contribution in [3.05, 3.63) is 35.4 Å². The summed E-state index contributed by atoms with van der Waals surface area (Å²) < 4.78 is 0. The number of rotatable bonds is 5. The summed E-state index contributed by atoms with van der Waals surface area (Å²) in [5.41, 5.74) is 5.67. The zero-order chi connectivity index (χ0) is 18.5. The van der Waals surface area contributed by atoms with Gasteiger partial charge in [-0.15, -0.1) is 0 Å². The number of hydrogen-bond donors (Lipinski definition) is 3. The van der Waals surface area contributed by atoms with E-state index in [4.69, 9.17) is 4.84 Å². The Morgan fingerprint density at radius 3 is 2.59 bits per heavy atom. The van der Waals surface area contributed by atoms with Crippen LogP contribution in [0.3, 0.4) is 0 Å². The van der Waals surface area contributed by atoms with Crippen molar-refractivity contribution in [1.82, 2.24) is 21.0 Å². The Balaban J connectivity index is 1.25. The molecule has 2 saturated heterocycles. The number of nitrogens with zero attached hydrogens (tertiary/aromatic N) is 1. The summed E-state index contributed by atoms with van der Waals surface area (Å²) in [6.07, 6.45) is 10.1. The summed E-state index contributed by atoms with van der Waals surface area (Å²) in [4.78, 5) is 8.37. The maximum Gasteiger partial charge on any atom is 0.106 e. The number of hydroxylamine groups is 1. The van der Waals surface area contributed by atoms with Crippen molar-refractivity contribution >= 4 is 0 Å². The molecular formula is C22H36N4O. The van der Waals surface area contributed by atoms with Gasteiger partial charge in [0.25, 0.3) is 0 Å². The summed E-state index contributed by atoms with van der Waals surface area (Å²) >= 11 is 0. The second kappa shape index (κ2) is 9.48. The van der Waals surface area contributed by atoms with Crippen molar-refractivity contribution in [2.75, 3.05) is 19.6 Å². The summed E-state index contributed by atoms with van der Waals surface area (Å²) in [7, 11) is 0. The van der Waals surface area contributed by atoms with Crippen LogP contribution in [-0.2, 0) is 11.4 Å². The molecule has 5 nitrogen and oxygen atoms in total. The van der Waals surface area contributed by atoms with Crippen LogP contribution in [0.25, 0.3) is 0 Å². The molecule has 1 aliphatic carbocycles. The normalized spacial score (nSPS) is 31.1. The minimum atomic E-state index is 0.190. The maximum atomic E-state index is 5.64. The fourth-order valence-electron chi connectivity index (χ4n) is 4.78. The summed E-state index contributed by atoms with van der Waals surface area (Å²) in [5.74, 6) is 0. The highest BCUT2D eigenvalue weighted by Gasteiger charge is 2.26. The molecule has 3 aliphatic rings. The highest BCUT2D eigenvalue weighted by Crippen LogP contribution is 2.27. The highest BCUT2D eigenvalue weighted by atomic mass is 16.7. The summed E-state index contributed by atoms with van der Waals surface area (Å²) in [6, 6.07) is 10.1. The number of hydrogen-bond acceptors (Lipinski definition) is 5.